The van der Waals surface area contributed by atoms with E-state index in [1.165, 1.54) is 0 Å². The van der Waals surface area contributed by atoms with Crippen LogP contribution in [0.2, 0.25) is 5.15 Å². The second-order valence-electron chi connectivity index (χ2n) is 3.87. The maximum absolute atomic E-state index is 11.8. The quantitative estimate of drug-likeness (QED) is 0.588. The lowest BCUT2D eigenvalue weighted by atomic mass is 9.96. The van der Waals surface area contributed by atoms with E-state index >= 15 is 0 Å². The van der Waals surface area contributed by atoms with E-state index in [2.05, 4.69) is 15.0 Å². The number of nitrogens with zero attached hydrogens (tertiary/aromatic N) is 1. The molecule has 7 heteroatoms. The Labute approximate surface area is 108 Å². The number of nitrogens with one attached hydrogen (secondary N) is 1. The molecule has 96 valence electrons. The number of aliphatic hydroxyl groups is 1. The first kappa shape index (κ1) is 12.8. The Balaban J connectivity index is 2.27. The second kappa shape index (κ2) is 4.91. The van der Waals surface area contributed by atoms with Crippen LogP contribution in [0.1, 0.15) is 5.56 Å². The third-order valence-electron chi connectivity index (χ3n) is 2.71. The Morgan fingerprint density at radius 1 is 1.67 bits per heavy atom. The van der Waals surface area contributed by atoms with Crippen LogP contribution in [-0.4, -0.2) is 41.1 Å². The number of rotatable bonds is 2. The van der Waals surface area contributed by atoms with Crippen LogP contribution < -0.4 is 5.32 Å². The van der Waals surface area contributed by atoms with Gasteiger partial charge in [0, 0.05) is 12.0 Å². The molecule has 0 fully saturated rings. The highest BCUT2D eigenvalue weighted by Crippen LogP contribution is 2.24. The van der Waals surface area contributed by atoms with Gasteiger partial charge >= 0.3 is 5.97 Å². The Kier molecular flexibility index (Phi) is 3.49. The van der Waals surface area contributed by atoms with Crippen molar-refractivity contribution < 1.29 is 19.4 Å². The highest BCUT2D eigenvalue weighted by atomic mass is 35.5. The van der Waals surface area contributed by atoms with E-state index in [9.17, 15) is 14.7 Å². The second-order valence-corrected chi connectivity index (χ2v) is 4.26. The van der Waals surface area contributed by atoms with Gasteiger partial charge < -0.3 is 15.2 Å². The Morgan fingerprint density at radius 3 is 3.06 bits per heavy atom. The summed E-state index contributed by atoms with van der Waals surface area (Å²) in [5, 5.41) is 12.7. The van der Waals surface area contributed by atoms with Gasteiger partial charge in [0.1, 0.15) is 17.0 Å². The summed E-state index contributed by atoms with van der Waals surface area (Å²) in [4.78, 5) is 27.0. The monoisotopic (exact) mass is 270 g/mol. The predicted molar refractivity (Wildman–Crippen MR) is 63.4 cm³/mol. The number of carbonyl (C=O) groups excluding carboxylic acids is 2. The number of methoxy groups -OCH3 is 1. The molecule has 0 saturated heterocycles. The van der Waals surface area contributed by atoms with Crippen molar-refractivity contribution in [1.82, 2.24) is 4.98 Å². The smallest absolute Gasteiger partial charge is 0.337 e. The number of aliphatic hydroxyl groups excluding tert-OH is 1. The van der Waals surface area contributed by atoms with Crippen molar-refractivity contribution in [3.05, 3.63) is 22.8 Å². The zero-order valence-electron chi connectivity index (χ0n) is 9.51. The van der Waals surface area contributed by atoms with Gasteiger partial charge in [0.05, 0.1) is 7.11 Å². The van der Waals surface area contributed by atoms with E-state index in [-0.39, 0.29) is 17.4 Å². The van der Waals surface area contributed by atoms with Crippen molar-refractivity contribution in [2.24, 2.45) is 0 Å². The van der Waals surface area contributed by atoms with Gasteiger partial charge in [0.2, 0.25) is 0 Å². The van der Waals surface area contributed by atoms with Crippen LogP contribution in [-0.2, 0) is 20.7 Å². The number of pyridine rings is 1. The van der Waals surface area contributed by atoms with Gasteiger partial charge in [-0.2, -0.15) is 0 Å². The molecule has 6 nitrogen and oxygen atoms in total. The zero-order valence-corrected chi connectivity index (χ0v) is 10.3. The van der Waals surface area contributed by atoms with E-state index in [0.29, 0.717) is 11.4 Å². The van der Waals surface area contributed by atoms with Crippen LogP contribution in [0.25, 0.3) is 0 Å². The summed E-state index contributed by atoms with van der Waals surface area (Å²) >= 11 is 5.74. The molecule has 2 N–H and O–H groups in total. The maximum Gasteiger partial charge on any atom is 0.337 e. The summed E-state index contributed by atoms with van der Waals surface area (Å²) in [5.41, 5.74) is 0.678. The van der Waals surface area contributed by atoms with Crippen molar-refractivity contribution in [3.8, 4) is 0 Å². The highest BCUT2D eigenvalue weighted by molar-refractivity contribution is 6.29. The first-order valence-electron chi connectivity index (χ1n) is 5.23. The first-order valence-corrected chi connectivity index (χ1v) is 5.61. The SMILES string of the molecule is COC(=O)[C@@H](O)[C@@H]1Nc2nc(Cl)ccc2CC1=O. The molecule has 0 amide bonds. The van der Waals surface area contributed by atoms with Gasteiger partial charge in [-0.05, 0) is 6.07 Å². The molecule has 0 spiro atoms. The molecule has 18 heavy (non-hydrogen) atoms. The summed E-state index contributed by atoms with van der Waals surface area (Å²) < 4.78 is 4.40. The number of carbonyl (C=O) groups is 2. The molecule has 1 aliphatic rings. The van der Waals surface area contributed by atoms with Crippen molar-refractivity contribution in [2.45, 2.75) is 18.6 Å². The van der Waals surface area contributed by atoms with Crippen LogP contribution in [0.5, 0.6) is 0 Å². The third kappa shape index (κ3) is 2.30. The molecule has 1 aromatic heterocycles. The summed E-state index contributed by atoms with van der Waals surface area (Å²) in [5.74, 6) is -0.772. The van der Waals surface area contributed by atoms with Crippen LogP contribution in [0.15, 0.2) is 12.1 Å². The molecule has 1 aliphatic heterocycles. The van der Waals surface area contributed by atoms with Crippen LogP contribution >= 0.6 is 11.6 Å². The van der Waals surface area contributed by atoms with Crippen molar-refractivity contribution in [3.63, 3.8) is 0 Å². The standard InChI is InChI=1S/C11H11ClN2O4/c1-18-11(17)9(16)8-6(15)4-5-2-3-7(12)13-10(5)14-8/h2-3,8-9,16H,4H2,1H3,(H,13,14)/t8-,9+/m1/s1. The third-order valence-corrected chi connectivity index (χ3v) is 2.92. The van der Waals surface area contributed by atoms with Crippen molar-refractivity contribution >= 4 is 29.2 Å². The Morgan fingerprint density at radius 2 is 2.39 bits per heavy atom. The number of fused-ring (bicyclic) bond motifs is 1. The van der Waals surface area contributed by atoms with Crippen LogP contribution in [0, 0.1) is 0 Å². The number of esters is 1. The maximum atomic E-state index is 11.8. The summed E-state index contributed by atoms with van der Waals surface area (Å²) in [6.07, 6.45) is -1.47. The number of aromatic nitrogens is 1. The average molecular weight is 271 g/mol. The molecule has 1 aromatic rings. The minimum absolute atomic E-state index is 0.0885. The zero-order chi connectivity index (χ0) is 13.3. The summed E-state index contributed by atoms with van der Waals surface area (Å²) in [7, 11) is 1.14. The fourth-order valence-electron chi connectivity index (χ4n) is 1.77. The molecule has 0 bridgehead atoms. The van der Waals surface area contributed by atoms with E-state index in [1.54, 1.807) is 12.1 Å². The lowest BCUT2D eigenvalue weighted by molar-refractivity contribution is -0.153. The van der Waals surface area contributed by atoms with Gasteiger partial charge in [-0.25, -0.2) is 9.78 Å². The van der Waals surface area contributed by atoms with Gasteiger partial charge in [0.25, 0.3) is 0 Å². The minimum Gasteiger partial charge on any atom is -0.467 e. The van der Waals surface area contributed by atoms with Gasteiger partial charge in [-0.15, -0.1) is 0 Å². The minimum atomic E-state index is -1.56. The molecule has 2 rings (SSSR count). The Hall–Kier alpha value is -1.66. The molecular weight excluding hydrogens is 260 g/mol. The highest BCUT2D eigenvalue weighted by Gasteiger charge is 2.36. The van der Waals surface area contributed by atoms with Crippen LogP contribution in [0.4, 0.5) is 5.82 Å². The number of halogens is 1. The van der Waals surface area contributed by atoms with Gasteiger partial charge in [-0.3, -0.25) is 4.79 Å². The van der Waals surface area contributed by atoms with Crippen molar-refractivity contribution in [1.29, 1.82) is 0 Å². The number of hydrogen-bond donors (Lipinski definition) is 2. The molecule has 2 atom stereocenters. The predicted octanol–water partition coefficient (Wildman–Crippen LogP) is 0.175. The molecule has 2 heterocycles. The molecule has 0 unspecified atom stereocenters. The van der Waals surface area contributed by atoms with Gasteiger partial charge in [0.15, 0.2) is 11.9 Å². The molecule has 0 aliphatic carbocycles. The first-order chi connectivity index (χ1) is 8.52. The normalized spacial score (nSPS) is 19.7. The molecule has 0 saturated carbocycles. The lowest BCUT2D eigenvalue weighted by Crippen LogP contribution is -2.48. The van der Waals surface area contributed by atoms with E-state index < -0.39 is 18.1 Å². The number of ketones is 1. The number of anilines is 1. The number of Topliss-reactive ketones (excluding diaryl/α,β-unsaturated/α-hetero) is 1. The molecule has 0 aromatic carbocycles. The van der Waals surface area contributed by atoms with Gasteiger partial charge in [-0.1, -0.05) is 17.7 Å². The average Bonchev–Trinajstić information content (AvgIpc) is 2.36. The van der Waals surface area contributed by atoms with E-state index in [4.69, 9.17) is 11.6 Å². The summed E-state index contributed by atoms with van der Waals surface area (Å²) in [6, 6.07) is 2.19. The number of ether oxygens (including phenoxy) is 1. The fourth-order valence-corrected chi connectivity index (χ4v) is 1.92. The number of hydrogen-bond acceptors (Lipinski definition) is 6. The van der Waals surface area contributed by atoms with Crippen LogP contribution in [0.3, 0.4) is 0 Å². The van der Waals surface area contributed by atoms with Crippen molar-refractivity contribution in [2.75, 3.05) is 12.4 Å². The molecule has 0 radical (unpaired) electrons. The topological polar surface area (TPSA) is 88.5 Å². The Bertz CT molecular complexity index is 506. The molecular formula is C11H11ClN2O4. The van der Waals surface area contributed by atoms with E-state index in [0.717, 1.165) is 7.11 Å². The largest absolute Gasteiger partial charge is 0.467 e. The summed E-state index contributed by atoms with van der Waals surface area (Å²) in [6.45, 7) is 0. The fraction of sp³-hybridized carbons (Fsp3) is 0.364. The van der Waals surface area contributed by atoms with E-state index in [1.807, 2.05) is 0 Å². The lowest BCUT2D eigenvalue weighted by Gasteiger charge is -2.27.